The molecule has 0 aliphatic carbocycles. The summed E-state index contributed by atoms with van der Waals surface area (Å²) in [6.07, 6.45) is 0.142. The summed E-state index contributed by atoms with van der Waals surface area (Å²) in [4.78, 5) is 28.7. The third-order valence-corrected chi connectivity index (χ3v) is 3.13. The van der Waals surface area contributed by atoms with Gasteiger partial charge in [0.15, 0.2) is 11.5 Å². The molecule has 1 aromatic carbocycles. The van der Waals surface area contributed by atoms with E-state index < -0.39 is 0 Å². The van der Waals surface area contributed by atoms with Gasteiger partial charge >= 0.3 is 0 Å². The number of carbonyl (C=O) groups excluding carboxylic acids is 2. The lowest BCUT2D eigenvalue weighted by atomic mass is 10.1. The van der Waals surface area contributed by atoms with Crippen molar-refractivity contribution in [2.24, 2.45) is 0 Å². The molecule has 1 N–H and O–H groups in total. The van der Waals surface area contributed by atoms with E-state index in [0.717, 1.165) is 5.06 Å². The first kappa shape index (κ1) is 17.8. The fourth-order valence-corrected chi connectivity index (χ4v) is 1.83. The van der Waals surface area contributed by atoms with E-state index >= 15 is 0 Å². The average Bonchev–Trinajstić information content (AvgIpc) is 2.52. The molecule has 22 heavy (non-hydrogen) atoms. The fraction of sp³-hybridized carbons (Fsp3) is 0.467. The van der Waals surface area contributed by atoms with Gasteiger partial charge in [-0.2, -0.15) is 0 Å². The summed E-state index contributed by atoms with van der Waals surface area (Å²) in [5.41, 5.74) is 0.428. The molecule has 0 aliphatic heterocycles. The summed E-state index contributed by atoms with van der Waals surface area (Å²) in [7, 11) is 5.95. The minimum Gasteiger partial charge on any atom is -0.493 e. The molecule has 2 amide bonds. The summed E-state index contributed by atoms with van der Waals surface area (Å²) in [6.45, 7) is 1.75. The molecule has 0 aliphatic rings. The quantitative estimate of drug-likeness (QED) is 0.767. The minimum absolute atomic E-state index is 0.142. The van der Waals surface area contributed by atoms with Crippen LogP contribution in [0.15, 0.2) is 18.2 Å². The van der Waals surface area contributed by atoms with Crippen molar-refractivity contribution >= 4 is 11.8 Å². The zero-order valence-electron chi connectivity index (χ0n) is 13.5. The van der Waals surface area contributed by atoms with Crippen LogP contribution in [0.2, 0.25) is 0 Å². The highest BCUT2D eigenvalue weighted by Crippen LogP contribution is 2.27. The highest BCUT2D eigenvalue weighted by molar-refractivity contribution is 5.95. The molecule has 0 saturated heterocycles. The lowest BCUT2D eigenvalue weighted by molar-refractivity contribution is -0.169. The van der Waals surface area contributed by atoms with Crippen molar-refractivity contribution in [1.82, 2.24) is 10.4 Å². The van der Waals surface area contributed by atoms with Crippen molar-refractivity contribution < 1.29 is 23.9 Å². The Morgan fingerprint density at radius 1 is 1.18 bits per heavy atom. The van der Waals surface area contributed by atoms with E-state index in [2.05, 4.69) is 5.32 Å². The fourth-order valence-electron chi connectivity index (χ4n) is 1.83. The smallest absolute Gasteiger partial charge is 0.251 e. The first-order chi connectivity index (χ1) is 10.4. The number of benzene rings is 1. The van der Waals surface area contributed by atoms with Crippen molar-refractivity contribution in [3.05, 3.63) is 23.8 Å². The summed E-state index contributed by atoms with van der Waals surface area (Å²) >= 11 is 0. The molecule has 1 unspecified atom stereocenters. The van der Waals surface area contributed by atoms with Crippen molar-refractivity contribution in [1.29, 1.82) is 0 Å². The Morgan fingerprint density at radius 3 is 2.36 bits per heavy atom. The first-order valence-corrected chi connectivity index (χ1v) is 6.76. The topological polar surface area (TPSA) is 77.1 Å². The number of ether oxygens (including phenoxy) is 2. The highest BCUT2D eigenvalue weighted by atomic mass is 16.7. The number of amides is 2. The van der Waals surface area contributed by atoms with Gasteiger partial charge in [-0.3, -0.25) is 14.4 Å². The number of nitrogens with zero attached hydrogens (tertiary/aromatic N) is 1. The van der Waals surface area contributed by atoms with E-state index in [4.69, 9.17) is 14.3 Å². The van der Waals surface area contributed by atoms with Gasteiger partial charge < -0.3 is 14.8 Å². The molecule has 7 nitrogen and oxygen atoms in total. The molecule has 0 aromatic heterocycles. The Balaban J connectivity index is 2.70. The summed E-state index contributed by atoms with van der Waals surface area (Å²) in [6, 6.07) is 4.55. The van der Waals surface area contributed by atoms with Crippen LogP contribution in [0.1, 0.15) is 23.7 Å². The van der Waals surface area contributed by atoms with E-state index in [0.29, 0.717) is 17.1 Å². The van der Waals surface area contributed by atoms with Gasteiger partial charge in [-0.1, -0.05) is 0 Å². The van der Waals surface area contributed by atoms with Crippen molar-refractivity contribution in [2.75, 3.05) is 28.4 Å². The van der Waals surface area contributed by atoms with E-state index in [1.807, 2.05) is 0 Å². The normalized spacial score (nSPS) is 11.5. The van der Waals surface area contributed by atoms with Gasteiger partial charge in [0.2, 0.25) is 5.91 Å². The summed E-state index contributed by atoms with van der Waals surface area (Å²) in [5, 5.41) is 3.88. The minimum atomic E-state index is -0.328. The van der Waals surface area contributed by atoms with Gasteiger partial charge in [-0.15, -0.1) is 0 Å². The third-order valence-electron chi connectivity index (χ3n) is 3.13. The second-order valence-electron chi connectivity index (χ2n) is 4.72. The van der Waals surface area contributed by atoms with Crippen LogP contribution in [0.25, 0.3) is 0 Å². The SMILES string of the molecule is COc1ccc(C(=O)NC(C)CC(=O)N(C)OC)cc1OC. The molecule has 0 saturated carbocycles. The Hall–Kier alpha value is -2.28. The first-order valence-electron chi connectivity index (χ1n) is 6.76. The number of nitrogens with one attached hydrogen (secondary N) is 1. The molecule has 0 heterocycles. The van der Waals surface area contributed by atoms with E-state index in [1.165, 1.54) is 28.4 Å². The maximum atomic E-state index is 12.2. The number of hydroxylamine groups is 2. The van der Waals surface area contributed by atoms with Crippen LogP contribution in [-0.4, -0.2) is 51.3 Å². The van der Waals surface area contributed by atoms with Gasteiger partial charge in [0.1, 0.15) is 0 Å². The Labute approximate surface area is 130 Å². The molecular formula is C15H22N2O5. The molecule has 122 valence electrons. The molecule has 0 fully saturated rings. The standard InChI is InChI=1S/C15H22N2O5/c1-10(8-14(18)17(2)22-5)16-15(19)11-6-7-12(20-3)13(9-11)21-4/h6-7,9-10H,8H2,1-5H3,(H,16,19). The summed E-state index contributed by atoms with van der Waals surface area (Å²) in [5.74, 6) is 0.505. The predicted molar refractivity (Wildman–Crippen MR) is 80.9 cm³/mol. The van der Waals surface area contributed by atoms with Gasteiger partial charge in [0.05, 0.1) is 21.3 Å². The highest BCUT2D eigenvalue weighted by Gasteiger charge is 2.17. The van der Waals surface area contributed by atoms with Crippen LogP contribution < -0.4 is 14.8 Å². The molecule has 1 aromatic rings. The van der Waals surface area contributed by atoms with Crippen LogP contribution in [-0.2, 0) is 9.63 Å². The molecule has 0 radical (unpaired) electrons. The van der Waals surface area contributed by atoms with E-state index in [9.17, 15) is 9.59 Å². The van der Waals surface area contributed by atoms with Crippen molar-refractivity contribution in [3.8, 4) is 11.5 Å². The number of carbonyl (C=O) groups is 2. The van der Waals surface area contributed by atoms with Gasteiger partial charge in [0.25, 0.3) is 5.91 Å². The average molecular weight is 310 g/mol. The second-order valence-corrected chi connectivity index (χ2v) is 4.72. The van der Waals surface area contributed by atoms with Gasteiger partial charge in [0, 0.05) is 25.1 Å². The van der Waals surface area contributed by atoms with Crippen LogP contribution in [0, 0.1) is 0 Å². The third kappa shape index (κ3) is 4.63. The van der Waals surface area contributed by atoms with Crippen molar-refractivity contribution in [3.63, 3.8) is 0 Å². The maximum absolute atomic E-state index is 12.2. The van der Waals surface area contributed by atoms with Gasteiger partial charge in [-0.25, -0.2) is 5.06 Å². The number of hydrogen-bond donors (Lipinski definition) is 1. The second kappa shape index (κ2) is 8.23. The van der Waals surface area contributed by atoms with E-state index in [-0.39, 0.29) is 24.3 Å². The molecule has 0 bridgehead atoms. The zero-order valence-corrected chi connectivity index (χ0v) is 13.5. The zero-order chi connectivity index (χ0) is 16.7. The molecule has 1 rings (SSSR count). The summed E-state index contributed by atoms with van der Waals surface area (Å²) < 4.78 is 10.3. The van der Waals surface area contributed by atoms with Crippen molar-refractivity contribution in [2.45, 2.75) is 19.4 Å². The maximum Gasteiger partial charge on any atom is 0.251 e. The lowest BCUT2D eigenvalue weighted by Crippen LogP contribution is -2.37. The van der Waals surface area contributed by atoms with Crippen LogP contribution in [0.4, 0.5) is 0 Å². The van der Waals surface area contributed by atoms with Crippen LogP contribution >= 0.6 is 0 Å². The molecule has 7 heteroatoms. The molecule has 0 spiro atoms. The number of rotatable bonds is 7. The predicted octanol–water partition coefficient (Wildman–Crippen LogP) is 1.23. The largest absolute Gasteiger partial charge is 0.493 e. The van der Waals surface area contributed by atoms with Gasteiger partial charge in [-0.05, 0) is 25.1 Å². The lowest BCUT2D eigenvalue weighted by Gasteiger charge is -2.18. The van der Waals surface area contributed by atoms with Crippen LogP contribution in [0.3, 0.4) is 0 Å². The molecule has 1 atom stereocenters. The Morgan fingerprint density at radius 2 is 1.82 bits per heavy atom. The number of hydrogen-bond acceptors (Lipinski definition) is 5. The van der Waals surface area contributed by atoms with E-state index in [1.54, 1.807) is 25.1 Å². The monoisotopic (exact) mass is 310 g/mol. The molecular weight excluding hydrogens is 288 g/mol. The Kier molecular flexibility index (Phi) is 6.65. The van der Waals surface area contributed by atoms with Crippen LogP contribution in [0.5, 0.6) is 11.5 Å². The Bertz CT molecular complexity index is 533. The number of methoxy groups -OCH3 is 2.